The number of anilines is 2. The van der Waals surface area contributed by atoms with Crippen LogP contribution in [-0.4, -0.2) is 28.5 Å². The molecule has 0 aliphatic heterocycles. The van der Waals surface area contributed by atoms with E-state index in [1.165, 1.54) is 32.4 Å². The topological polar surface area (TPSA) is 93.7 Å². The zero-order chi connectivity index (χ0) is 23.5. The van der Waals surface area contributed by atoms with Crippen LogP contribution in [0.2, 0.25) is 5.02 Å². The average Bonchev–Trinajstić information content (AvgIpc) is 2.76. The number of carbonyl (C=O) groups excluding carboxylic acids is 1. The molecule has 9 heteroatoms. The molecule has 0 fully saturated rings. The minimum atomic E-state index is -4.04. The Labute approximate surface area is 192 Å². The average molecular weight is 475 g/mol. The first-order chi connectivity index (χ1) is 15.1. The van der Waals surface area contributed by atoms with Crippen LogP contribution in [0.5, 0.6) is 11.5 Å². The van der Waals surface area contributed by atoms with Crippen LogP contribution >= 0.6 is 11.6 Å². The van der Waals surface area contributed by atoms with Gasteiger partial charge in [-0.25, -0.2) is 8.42 Å². The molecule has 0 saturated heterocycles. The summed E-state index contributed by atoms with van der Waals surface area (Å²) >= 11 is 6.18. The summed E-state index contributed by atoms with van der Waals surface area (Å²) in [5.41, 5.74) is 2.63. The molecular weight excluding hydrogens is 452 g/mol. The highest BCUT2D eigenvalue weighted by atomic mass is 35.5. The van der Waals surface area contributed by atoms with Gasteiger partial charge in [0, 0.05) is 11.6 Å². The van der Waals surface area contributed by atoms with Crippen LogP contribution in [0.3, 0.4) is 0 Å². The van der Waals surface area contributed by atoms with Gasteiger partial charge in [0.25, 0.3) is 15.9 Å². The standard InChI is InChI=1S/C23H23ClN2O5S/c1-14-5-6-15(2)20(11-14)26-32(28,29)22-12-16(7-9-18(22)24)23(27)25-19-10-8-17(30-3)13-21(19)31-4/h5-13,26H,1-4H3,(H,25,27). The van der Waals surface area contributed by atoms with Crippen molar-refractivity contribution in [3.05, 3.63) is 76.3 Å². The molecule has 1 amide bonds. The van der Waals surface area contributed by atoms with E-state index in [2.05, 4.69) is 10.0 Å². The number of amides is 1. The van der Waals surface area contributed by atoms with Crippen molar-refractivity contribution in [2.75, 3.05) is 24.3 Å². The number of nitrogens with one attached hydrogen (secondary N) is 2. The van der Waals surface area contributed by atoms with E-state index in [0.29, 0.717) is 22.9 Å². The highest BCUT2D eigenvalue weighted by Gasteiger charge is 2.22. The summed E-state index contributed by atoms with van der Waals surface area (Å²) in [6.45, 7) is 3.66. The van der Waals surface area contributed by atoms with Crippen molar-refractivity contribution in [1.29, 1.82) is 0 Å². The molecule has 0 saturated carbocycles. The van der Waals surface area contributed by atoms with Gasteiger partial charge in [0.05, 0.1) is 30.6 Å². The fourth-order valence-electron chi connectivity index (χ4n) is 2.99. The van der Waals surface area contributed by atoms with Crippen molar-refractivity contribution in [3.63, 3.8) is 0 Å². The van der Waals surface area contributed by atoms with E-state index in [9.17, 15) is 13.2 Å². The Morgan fingerprint density at radius 2 is 1.66 bits per heavy atom. The third-order valence-corrected chi connectivity index (χ3v) is 6.62. The molecular formula is C23H23ClN2O5S. The molecule has 3 aromatic rings. The molecule has 0 aliphatic carbocycles. The highest BCUT2D eigenvalue weighted by Crippen LogP contribution is 2.31. The van der Waals surface area contributed by atoms with Crippen LogP contribution in [0.15, 0.2) is 59.5 Å². The van der Waals surface area contributed by atoms with Gasteiger partial charge in [0.1, 0.15) is 16.4 Å². The van der Waals surface area contributed by atoms with Gasteiger partial charge >= 0.3 is 0 Å². The molecule has 0 atom stereocenters. The lowest BCUT2D eigenvalue weighted by molar-refractivity contribution is 0.102. The quantitative estimate of drug-likeness (QED) is 0.501. The molecule has 3 aromatic carbocycles. The lowest BCUT2D eigenvalue weighted by Gasteiger charge is -2.14. The lowest BCUT2D eigenvalue weighted by Crippen LogP contribution is -2.17. The van der Waals surface area contributed by atoms with Crippen LogP contribution < -0.4 is 19.5 Å². The van der Waals surface area contributed by atoms with Crippen molar-refractivity contribution in [2.45, 2.75) is 18.7 Å². The second kappa shape index (κ2) is 9.50. The number of carbonyl (C=O) groups is 1. The first-order valence-electron chi connectivity index (χ1n) is 9.57. The van der Waals surface area contributed by atoms with Crippen LogP contribution in [0, 0.1) is 13.8 Å². The van der Waals surface area contributed by atoms with Gasteiger partial charge in [0.15, 0.2) is 0 Å². The van der Waals surface area contributed by atoms with Crippen molar-refractivity contribution in [3.8, 4) is 11.5 Å². The third-order valence-electron chi connectivity index (χ3n) is 4.78. The van der Waals surface area contributed by atoms with Gasteiger partial charge in [0.2, 0.25) is 0 Å². The van der Waals surface area contributed by atoms with E-state index in [-0.39, 0.29) is 15.5 Å². The van der Waals surface area contributed by atoms with Crippen molar-refractivity contribution >= 4 is 38.9 Å². The van der Waals surface area contributed by atoms with Crippen LogP contribution in [0.25, 0.3) is 0 Å². The molecule has 0 aromatic heterocycles. The maximum absolute atomic E-state index is 13.0. The first-order valence-corrected chi connectivity index (χ1v) is 11.4. The maximum Gasteiger partial charge on any atom is 0.263 e. The first kappa shape index (κ1) is 23.4. The van der Waals surface area contributed by atoms with Crippen LogP contribution in [-0.2, 0) is 10.0 Å². The van der Waals surface area contributed by atoms with Gasteiger partial charge in [-0.3, -0.25) is 9.52 Å². The van der Waals surface area contributed by atoms with Gasteiger partial charge in [-0.2, -0.15) is 0 Å². The number of halogens is 1. The van der Waals surface area contributed by atoms with E-state index in [0.717, 1.165) is 11.1 Å². The second-order valence-corrected chi connectivity index (χ2v) is 9.15. The van der Waals surface area contributed by atoms with E-state index in [4.69, 9.17) is 21.1 Å². The molecule has 0 heterocycles. The largest absolute Gasteiger partial charge is 0.497 e. The summed E-state index contributed by atoms with van der Waals surface area (Å²) in [6.07, 6.45) is 0. The molecule has 7 nitrogen and oxygen atoms in total. The molecule has 168 valence electrons. The number of methoxy groups -OCH3 is 2. The third kappa shape index (κ3) is 5.15. The van der Waals surface area contributed by atoms with E-state index in [1.807, 2.05) is 19.1 Å². The Hall–Kier alpha value is -3.23. The second-order valence-electron chi connectivity index (χ2n) is 7.09. The zero-order valence-corrected chi connectivity index (χ0v) is 19.6. The summed E-state index contributed by atoms with van der Waals surface area (Å²) in [4.78, 5) is 12.6. The van der Waals surface area contributed by atoms with Gasteiger partial charge in [-0.1, -0.05) is 23.7 Å². The summed E-state index contributed by atoms with van der Waals surface area (Å²) < 4.78 is 39.0. The lowest BCUT2D eigenvalue weighted by atomic mass is 10.1. The summed E-state index contributed by atoms with van der Waals surface area (Å²) in [6, 6.07) is 14.4. The smallest absolute Gasteiger partial charge is 0.263 e. The monoisotopic (exact) mass is 474 g/mol. The number of sulfonamides is 1. The Kier molecular flexibility index (Phi) is 6.96. The minimum Gasteiger partial charge on any atom is -0.497 e. The Morgan fingerprint density at radius 1 is 0.906 bits per heavy atom. The predicted molar refractivity (Wildman–Crippen MR) is 126 cm³/mol. The molecule has 0 spiro atoms. The molecule has 0 bridgehead atoms. The van der Waals surface area contributed by atoms with Crippen LogP contribution in [0.4, 0.5) is 11.4 Å². The highest BCUT2D eigenvalue weighted by molar-refractivity contribution is 7.92. The summed E-state index contributed by atoms with van der Waals surface area (Å²) in [5.74, 6) is 0.446. The number of aryl methyl sites for hydroxylation is 2. The minimum absolute atomic E-state index is 0.00128. The number of hydrogen-bond acceptors (Lipinski definition) is 5. The molecule has 32 heavy (non-hydrogen) atoms. The number of benzene rings is 3. The number of ether oxygens (including phenoxy) is 2. The fourth-order valence-corrected chi connectivity index (χ4v) is 4.64. The van der Waals surface area contributed by atoms with Crippen molar-refractivity contribution in [1.82, 2.24) is 0 Å². The van der Waals surface area contributed by atoms with E-state index in [1.54, 1.807) is 31.2 Å². The van der Waals surface area contributed by atoms with Crippen molar-refractivity contribution < 1.29 is 22.7 Å². The Morgan fingerprint density at radius 3 is 2.34 bits per heavy atom. The Bertz CT molecular complexity index is 1280. The number of hydrogen-bond donors (Lipinski definition) is 2. The Balaban J connectivity index is 1.91. The fraction of sp³-hybridized carbons (Fsp3) is 0.174. The zero-order valence-electron chi connectivity index (χ0n) is 18.0. The molecule has 0 aliphatic rings. The van der Waals surface area contributed by atoms with Gasteiger partial charge in [-0.05, 0) is 61.4 Å². The SMILES string of the molecule is COc1ccc(NC(=O)c2ccc(Cl)c(S(=O)(=O)Nc3cc(C)ccc3C)c2)c(OC)c1. The molecule has 3 rings (SSSR count). The normalized spacial score (nSPS) is 11.0. The van der Waals surface area contributed by atoms with Gasteiger partial charge < -0.3 is 14.8 Å². The molecule has 0 unspecified atom stereocenters. The van der Waals surface area contributed by atoms with Crippen molar-refractivity contribution in [2.24, 2.45) is 0 Å². The van der Waals surface area contributed by atoms with E-state index >= 15 is 0 Å². The van der Waals surface area contributed by atoms with Gasteiger partial charge in [-0.15, -0.1) is 0 Å². The maximum atomic E-state index is 13.0. The molecule has 2 N–H and O–H groups in total. The summed E-state index contributed by atoms with van der Waals surface area (Å²) in [5, 5.41) is 2.72. The van der Waals surface area contributed by atoms with E-state index < -0.39 is 15.9 Å². The number of rotatable bonds is 7. The molecule has 0 radical (unpaired) electrons. The van der Waals surface area contributed by atoms with Crippen LogP contribution in [0.1, 0.15) is 21.5 Å². The predicted octanol–water partition coefficient (Wildman–Crippen LogP) is 5.03. The summed E-state index contributed by atoms with van der Waals surface area (Å²) in [7, 11) is -1.05.